The van der Waals surface area contributed by atoms with Crippen molar-refractivity contribution in [3.8, 4) is 5.75 Å². The lowest BCUT2D eigenvalue weighted by Gasteiger charge is -2.43. The molecular weight excluding hydrogens is 390 g/mol. The van der Waals surface area contributed by atoms with Gasteiger partial charge in [-0.3, -0.25) is 0 Å². The van der Waals surface area contributed by atoms with Crippen LogP contribution in [0, 0.1) is 16.7 Å². The van der Waals surface area contributed by atoms with Gasteiger partial charge in [0.05, 0.1) is 24.6 Å². The van der Waals surface area contributed by atoms with Crippen molar-refractivity contribution in [3.63, 3.8) is 0 Å². The van der Waals surface area contributed by atoms with E-state index in [2.05, 4.69) is 13.8 Å². The van der Waals surface area contributed by atoms with E-state index in [1.54, 1.807) is 7.11 Å². The zero-order valence-corrected chi connectivity index (χ0v) is 18.4. The summed E-state index contributed by atoms with van der Waals surface area (Å²) >= 11 is 0. The smallest absolute Gasteiger partial charge is 0.214 e. The number of fused-ring (bicyclic) bond motifs is 2. The van der Waals surface area contributed by atoms with Crippen LogP contribution in [-0.4, -0.2) is 55.0 Å². The third-order valence-electron chi connectivity index (χ3n) is 8.38. The quantitative estimate of drug-likeness (QED) is 0.760. The number of hydrogen-bond acceptors (Lipinski definition) is 5. The van der Waals surface area contributed by atoms with Gasteiger partial charge in [-0.05, 0) is 61.1 Å². The Labute approximate surface area is 173 Å². The molecule has 1 aromatic rings. The van der Waals surface area contributed by atoms with E-state index in [9.17, 15) is 18.6 Å². The van der Waals surface area contributed by atoms with Crippen molar-refractivity contribution in [3.05, 3.63) is 29.8 Å². The second-order valence-electron chi connectivity index (χ2n) is 9.78. The van der Waals surface area contributed by atoms with Gasteiger partial charge in [-0.1, -0.05) is 26.0 Å². The summed E-state index contributed by atoms with van der Waals surface area (Å²) in [4.78, 5) is 0. The van der Waals surface area contributed by atoms with Gasteiger partial charge in [0, 0.05) is 18.5 Å². The lowest BCUT2D eigenvalue weighted by Crippen LogP contribution is -2.51. The highest BCUT2D eigenvalue weighted by Crippen LogP contribution is 2.66. The van der Waals surface area contributed by atoms with Crippen LogP contribution < -0.4 is 4.74 Å². The van der Waals surface area contributed by atoms with Crippen molar-refractivity contribution in [1.82, 2.24) is 4.31 Å². The summed E-state index contributed by atoms with van der Waals surface area (Å²) in [6.07, 6.45) is 2.62. The Morgan fingerprint density at radius 3 is 2.45 bits per heavy atom. The number of ether oxygens (including phenoxy) is 1. The van der Waals surface area contributed by atoms with Crippen molar-refractivity contribution in [1.29, 1.82) is 0 Å². The molecule has 1 aromatic carbocycles. The molecule has 0 spiro atoms. The second kappa shape index (κ2) is 6.94. The van der Waals surface area contributed by atoms with Crippen LogP contribution in [0.5, 0.6) is 5.75 Å². The van der Waals surface area contributed by atoms with Crippen LogP contribution in [0.2, 0.25) is 0 Å². The molecule has 1 saturated heterocycles. The number of sulfonamides is 1. The summed E-state index contributed by atoms with van der Waals surface area (Å²) in [7, 11) is -1.93. The molecule has 2 bridgehead atoms. The number of nitrogens with zero attached hydrogens (tertiary/aromatic N) is 1. The first-order valence-electron chi connectivity index (χ1n) is 10.6. The van der Waals surface area contributed by atoms with Crippen molar-refractivity contribution in [2.75, 3.05) is 26.0 Å². The number of methoxy groups -OCH3 is 1. The number of piperidine rings is 1. The molecule has 0 radical (unpaired) electrons. The molecule has 3 fully saturated rings. The first kappa shape index (κ1) is 21.1. The van der Waals surface area contributed by atoms with Gasteiger partial charge >= 0.3 is 0 Å². The molecule has 162 valence electrons. The number of hydrogen-bond donors (Lipinski definition) is 2. The summed E-state index contributed by atoms with van der Waals surface area (Å²) in [5, 5.41) is 21.9. The fourth-order valence-electron chi connectivity index (χ4n) is 6.13. The van der Waals surface area contributed by atoms with Gasteiger partial charge in [0.2, 0.25) is 10.0 Å². The molecule has 2 N–H and O–H groups in total. The molecule has 0 amide bonds. The minimum absolute atomic E-state index is 0.00224. The number of aliphatic hydroxyl groups is 2. The summed E-state index contributed by atoms with van der Waals surface area (Å²) in [5.41, 5.74) is -1.02. The van der Waals surface area contributed by atoms with Crippen LogP contribution in [0.4, 0.5) is 0 Å². The monoisotopic (exact) mass is 423 g/mol. The highest BCUT2D eigenvalue weighted by Gasteiger charge is 2.65. The van der Waals surface area contributed by atoms with E-state index in [0.717, 1.165) is 18.4 Å². The lowest BCUT2D eigenvalue weighted by atomic mass is 9.70. The maximum atomic E-state index is 13.3. The Bertz CT molecular complexity index is 875. The number of benzene rings is 1. The number of rotatable bonds is 5. The Hall–Kier alpha value is -1.15. The van der Waals surface area contributed by atoms with Crippen molar-refractivity contribution in [2.24, 2.45) is 16.7 Å². The molecule has 3 aliphatic rings. The van der Waals surface area contributed by atoms with Crippen LogP contribution in [0.1, 0.15) is 51.5 Å². The average molecular weight is 424 g/mol. The Morgan fingerprint density at radius 2 is 1.90 bits per heavy atom. The van der Waals surface area contributed by atoms with Gasteiger partial charge in [0.1, 0.15) is 5.75 Å². The number of aliphatic hydroxyl groups excluding tert-OH is 1. The summed E-state index contributed by atoms with van der Waals surface area (Å²) in [6, 6.07) is 7.35. The van der Waals surface area contributed by atoms with Crippen molar-refractivity contribution >= 4 is 10.0 Å². The van der Waals surface area contributed by atoms with Crippen molar-refractivity contribution < 1.29 is 23.4 Å². The minimum atomic E-state index is -3.52. The van der Waals surface area contributed by atoms with E-state index in [4.69, 9.17) is 4.74 Å². The zero-order chi connectivity index (χ0) is 21.1. The Balaban J connectivity index is 1.49. The summed E-state index contributed by atoms with van der Waals surface area (Å²) in [5.74, 6) is 1.08. The standard InChI is InChI=1S/C22H33NO5S/c1-20(2)16-7-8-21(20,19(24)14-16)15-29(26,27)23-11-9-22(25,10-12-23)17-5-4-6-18(13-17)28-3/h4-6,13,16,19,24-25H,7-12,14-15H2,1-3H3/t16-,19?,21-/m0/s1. The molecule has 29 heavy (non-hydrogen) atoms. The highest BCUT2D eigenvalue weighted by atomic mass is 32.2. The van der Waals surface area contributed by atoms with Gasteiger partial charge in [-0.15, -0.1) is 0 Å². The predicted molar refractivity (Wildman–Crippen MR) is 111 cm³/mol. The van der Waals surface area contributed by atoms with E-state index in [0.29, 0.717) is 30.9 Å². The third kappa shape index (κ3) is 3.21. The van der Waals surface area contributed by atoms with E-state index in [1.165, 1.54) is 4.31 Å². The molecule has 7 heteroatoms. The molecule has 4 rings (SSSR count). The van der Waals surface area contributed by atoms with Crippen molar-refractivity contribution in [2.45, 2.75) is 57.7 Å². The fourth-order valence-corrected chi connectivity index (χ4v) is 8.41. The van der Waals surface area contributed by atoms with E-state index in [1.807, 2.05) is 24.3 Å². The van der Waals surface area contributed by atoms with Gasteiger partial charge in [-0.25, -0.2) is 12.7 Å². The topological polar surface area (TPSA) is 87.1 Å². The average Bonchev–Trinajstić information content (AvgIpc) is 3.02. The molecule has 1 unspecified atom stereocenters. The Morgan fingerprint density at radius 1 is 1.21 bits per heavy atom. The van der Waals surface area contributed by atoms with E-state index < -0.39 is 27.1 Å². The fraction of sp³-hybridized carbons (Fsp3) is 0.727. The first-order valence-corrected chi connectivity index (χ1v) is 12.2. The molecule has 3 atom stereocenters. The molecule has 2 aliphatic carbocycles. The summed E-state index contributed by atoms with van der Waals surface area (Å²) < 4.78 is 33.4. The van der Waals surface area contributed by atoms with Gasteiger partial charge in [-0.2, -0.15) is 0 Å². The SMILES string of the molecule is COc1cccc(C2(O)CCN(S(=O)(=O)C[C@@]34CC[C@@H](CC3O)C4(C)C)CC2)c1. The van der Waals surface area contributed by atoms with Crippen LogP contribution in [0.15, 0.2) is 24.3 Å². The van der Waals surface area contributed by atoms with Gasteiger partial charge in [0.25, 0.3) is 0 Å². The normalized spacial score (nSPS) is 33.7. The van der Waals surface area contributed by atoms with E-state index in [-0.39, 0.29) is 24.3 Å². The van der Waals surface area contributed by atoms with Crippen LogP contribution in [0.25, 0.3) is 0 Å². The maximum Gasteiger partial charge on any atom is 0.214 e. The van der Waals surface area contributed by atoms with Gasteiger partial charge < -0.3 is 14.9 Å². The third-order valence-corrected chi connectivity index (χ3v) is 10.4. The first-order chi connectivity index (χ1) is 13.5. The molecule has 6 nitrogen and oxygen atoms in total. The van der Waals surface area contributed by atoms with E-state index >= 15 is 0 Å². The summed E-state index contributed by atoms with van der Waals surface area (Å²) in [6.45, 7) is 4.81. The molecule has 1 aliphatic heterocycles. The molecule has 1 heterocycles. The van der Waals surface area contributed by atoms with Crippen LogP contribution in [-0.2, 0) is 15.6 Å². The second-order valence-corrected chi connectivity index (χ2v) is 11.8. The molecule has 0 aromatic heterocycles. The van der Waals surface area contributed by atoms with Crippen LogP contribution >= 0.6 is 0 Å². The lowest BCUT2D eigenvalue weighted by molar-refractivity contribution is -0.0115. The largest absolute Gasteiger partial charge is 0.497 e. The maximum absolute atomic E-state index is 13.3. The predicted octanol–water partition coefficient (Wildman–Crippen LogP) is 2.50. The van der Waals surface area contributed by atoms with Crippen LogP contribution in [0.3, 0.4) is 0 Å². The highest BCUT2D eigenvalue weighted by molar-refractivity contribution is 7.89. The molecular formula is C22H33NO5S. The zero-order valence-electron chi connectivity index (χ0n) is 17.6. The Kier molecular flexibility index (Phi) is 5.05. The van der Waals surface area contributed by atoms with Gasteiger partial charge in [0.15, 0.2) is 0 Å². The molecule has 2 saturated carbocycles. The minimum Gasteiger partial charge on any atom is -0.497 e.